The molecule has 1 heterocycles. The highest BCUT2D eigenvalue weighted by atomic mass is 32.1. The number of aryl methyl sites for hydroxylation is 1. The summed E-state index contributed by atoms with van der Waals surface area (Å²) in [5.41, 5.74) is 2.23. The lowest BCUT2D eigenvalue weighted by atomic mass is 10.2. The summed E-state index contributed by atoms with van der Waals surface area (Å²) in [5, 5.41) is 6.36. The summed E-state index contributed by atoms with van der Waals surface area (Å²) >= 11 is 1.69. The summed E-state index contributed by atoms with van der Waals surface area (Å²) in [6, 6.07) is 8.14. The molecule has 0 atom stereocenters. The Kier molecular flexibility index (Phi) is 4.73. The zero-order chi connectivity index (χ0) is 12.8. The predicted molar refractivity (Wildman–Crippen MR) is 75.0 cm³/mol. The maximum absolute atomic E-state index is 5.75. The van der Waals surface area contributed by atoms with E-state index in [1.807, 2.05) is 19.2 Å². The summed E-state index contributed by atoms with van der Waals surface area (Å²) in [6.07, 6.45) is 0.988. The SMILES string of the molecule is CCc1nc(COc2cccc(CNC)c2)cs1. The van der Waals surface area contributed by atoms with E-state index in [0.29, 0.717) is 6.61 Å². The van der Waals surface area contributed by atoms with Gasteiger partial charge < -0.3 is 10.1 Å². The van der Waals surface area contributed by atoms with Gasteiger partial charge in [-0.3, -0.25) is 0 Å². The van der Waals surface area contributed by atoms with Crippen molar-refractivity contribution in [3.8, 4) is 5.75 Å². The highest BCUT2D eigenvalue weighted by molar-refractivity contribution is 7.09. The molecular formula is C14H18N2OS. The number of aromatic nitrogens is 1. The van der Waals surface area contributed by atoms with Crippen molar-refractivity contribution in [3.63, 3.8) is 0 Å². The first kappa shape index (κ1) is 13.1. The topological polar surface area (TPSA) is 34.1 Å². The van der Waals surface area contributed by atoms with E-state index in [0.717, 1.165) is 29.4 Å². The van der Waals surface area contributed by atoms with Crippen LogP contribution in [0.5, 0.6) is 5.75 Å². The first-order valence-corrected chi connectivity index (χ1v) is 6.99. The molecule has 1 aromatic heterocycles. The third-order valence-electron chi connectivity index (χ3n) is 2.57. The molecular weight excluding hydrogens is 244 g/mol. The van der Waals surface area contributed by atoms with E-state index in [1.54, 1.807) is 11.3 Å². The Hall–Kier alpha value is -1.39. The van der Waals surface area contributed by atoms with Crippen molar-refractivity contribution in [2.75, 3.05) is 7.05 Å². The Labute approximate surface area is 112 Å². The molecule has 18 heavy (non-hydrogen) atoms. The molecule has 1 aromatic carbocycles. The number of rotatable bonds is 6. The van der Waals surface area contributed by atoms with Crippen LogP contribution < -0.4 is 10.1 Å². The molecule has 0 unspecified atom stereocenters. The molecule has 0 saturated carbocycles. The summed E-state index contributed by atoms with van der Waals surface area (Å²) in [6.45, 7) is 3.51. The molecule has 0 spiro atoms. The van der Waals surface area contributed by atoms with Crippen LogP contribution >= 0.6 is 11.3 Å². The van der Waals surface area contributed by atoms with Gasteiger partial charge in [0.25, 0.3) is 0 Å². The van der Waals surface area contributed by atoms with Crippen molar-refractivity contribution in [1.29, 1.82) is 0 Å². The Balaban J connectivity index is 1.94. The van der Waals surface area contributed by atoms with Crippen molar-refractivity contribution in [2.24, 2.45) is 0 Å². The van der Waals surface area contributed by atoms with Gasteiger partial charge in [-0.1, -0.05) is 19.1 Å². The van der Waals surface area contributed by atoms with Crippen molar-refractivity contribution < 1.29 is 4.74 Å². The van der Waals surface area contributed by atoms with Gasteiger partial charge in [-0.2, -0.15) is 0 Å². The second kappa shape index (κ2) is 6.52. The van der Waals surface area contributed by atoms with Crippen LogP contribution in [0.15, 0.2) is 29.6 Å². The normalized spacial score (nSPS) is 10.6. The second-order valence-corrected chi connectivity index (χ2v) is 5.00. The van der Waals surface area contributed by atoms with Crippen molar-refractivity contribution >= 4 is 11.3 Å². The molecule has 2 rings (SSSR count). The first-order valence-electron chi connectivity index (χ1n) is 6.11. The average Bonchev–Trinajstić information content (AvgIpc) is 2.85. The molecule has 3 nitrogen and oxygen atoms in total. The largest absolute Gasteiger partial charge is 0.487 e. The first-order chi connectivity index (χ1) is 8.81. The highest BCUT2D eigenvalue weighted by Gasteiger charge is 2.02. The van der Waals surface area contributed by atoms with Crippen molar-refractivity contribution in [2.45, 2.75) is 26.5 Å². The Morgan fingerprint density at radius 2 is 2.28 bits per heavy atom. The maximum atomic E-state index is 5.75. The minimum Gasteiger partial charge on any atom is -0.487 e. The zero-order valence-electron chi connectivity index (χ0n) is 10.8. The van der Waals surface area contributed by atoms with Gasteiger partial charge in [0.15, 0.2) is 0 Å². The molecule has 0 fully saturated rings. The lowest BCUT2D eigenvalue weighted by Crippen LogP contribution is -2.05. The summed E-state index contributed by atoms with van der Waals surface area (Å²) < 4.78 is 5.75. The van der Waals surface area contributed by atoms with Crippen LogP contribution in [0.25, 0.3) is 0 Å². The zero-order valence-corrected chi connectivity index (χ0v) is 11.6. The van der Waals surface area contributed by atoms with Crippen LogP contribution in [0, 0.1) is 0 Å². The smallest absolute Gasteiger partial charge is 0.131 e. The minimum atomic E-state index is 0.541. The number of hydrogen-bond acceptors (Lipinski definition) is 4. The van der Waals surface area contributed by atoms with Crippen molar-refractivity contribution in [3.05, 3.63) is 45.9 Å². The van der Waals surface area contributed by atoms with E-state index >= 15 is 0 Å². The average molecular weight is 262 g/mol. The summed E-state index contributed by atoms with van der Waals surface area (Å²) in [5.74, 6) is 0.897. The fourth-order valence-electron chi connectivity index (χ4n) is 1.68. The molecule has 96 valence electrons. The molecule has 0 bridgehead atoms. The summed E-state index contributed by atoms with van der Waals surface area (Å²) in [4.78, 5) is 4.48. The Bertz CT molecular complexity index is 496. The quantitative estimate of drug-likeness (QED) is 0.869. The van der Waals surface area contributed by atoms with E-state index in [9.17, 15) is 0 Å². The molecule has 0 amide bonds. The van der Waals surface area contributed by atoms with E-state index < -0.39 is 0 Å². The van der Waals surface area contributed by atoms with Crippen LogP contribution in [0.4, 0.5) is 0 Å². The molecule has 0 aliphatic heterocycles. The van der Waals surface area contributed by atoms with E-state index in [2.05, 4.69) is 34.7 Å². The number of ether oxygens (including phenoxy) is 1. The molecule has 1 N–H and O–H groups in total. The Morgan fingerprint density at radius 1 is 1.39 bits per heavy atom. The lowest BCUT2D eigenvalue weighted by Gasteiger charge is -2.06. The third-order valence-corrected chi connectivity index (χ3v) is 3.61. The fraction of sp³-hybridized carbons (Fsp3) is 0.357. The standard InChI is InChI=1S/C14H18N2OS/c1-3-14-16-12(10-18-14)9-17-13-6-4-5-11(7-13)8-15-2/h4-7,10,15H,3,8-9H2,1-2H3. The van der Waals surface area contributed by atoms with Gasteiger partial charge in [-0.25, -0.2) is 4.98 Å². The van der Waals surface area contributed by atoms with Crippen LogP contribution in [0.1, 0.15) is 23.2 Å². The minimum absolute atomic E-state index is 0.541. The highest BCUT2D eigenvalue weighted by Crippen LogP contribution is 2.16. The molecule has 0 radical (unpaired) electrons. The number of hydrogen-bond donors (Lipinski definition) is 1. The van der Waals surface area contributed by atoms with Gasteiger partial charge in [-0.05, 0) is 31.2 Å². The van der Waals surface area contributed by atoms with Crippen molar-refractivity contribution in [1.82, 2.24) is 10.3 Å². The van der Waals surface area contributed by atoms with E-state index in [-0.39, 0.29) is 0 Å². The van der Waals surface area contributed by atoms with Gasteiger partial charge in [-0.15, -0.1) is 11.3 Å². The lowest BCUT2D eigenvalue weighted by molar-refractivity contribution is 0.301. The molecule has 0 aliphatic rings. The Morgan fingerprint density at radius 3 is 3.00 bits per heavy atom. The summed E-state index contributed by atoms with van der Waals surface area (Å²) in [7, 11) is 1.94. The number of benzene rings is 1. The molecule has 0 aliphatic carbocycles. The van der Waals surface area contributed by atoms with E-state index in [1.165, 1.54) is 5.56 Å². The maximum Gasteiger partial charge on any atom is 0.131 e. The van der Waals surface area contributed by atoms with Gasteiger partial charge in [0.05, 0.1) is 10.7 Å². The number of nitrogens with one attached hydrogen (secondary N) is 1. The molecule has 0 saturated heterocycles. The third kappa shape index (κ3) is 3.55. The van der Waals surface area contributed by atoms with Gasteiger partial charge in [0, 0.05) is 11.9 Å². The fourth-order valence-corrected chi connectivity index (χ4v) is 2.41. The number of thiazole rings is 1. The number of nitrogens with zero attached hydrogens (tertiary/aromatic N) is 1. The van der Waals surface area contributed by atoms with Gasteiger partial charge in [0.2, 0.25) is 0 Å². The predicted octanol–water partition coefficient (Wildman–Crippen LogP) is 3.00. The van der Waals surface area contributed by atoms with Gasteiger partial charge >= 0.3 is 0 Å². The van der Waals surface area contributed by atoms with Crippen LogP contribution in [0.3, 0.4) is 0 Å². The van der Waals surface area contributed by atoms with Crippen LogP contribution in [-0.2, 0) is 19.6 Å². The van der Waals surface area contributed by atoms with E-state index in [4.69, 9.17) is 4.74 Å². The second-order valence-electron chi connectivity index (χ2n) is 4.05. The molecule has 2 aromatic rings. The van der Waals surface area contributed by atoms with Gasteiger partial charge in [0.1, 0.15) is 12.4 Å². The van der Waals surface area contributed by atoms with Crippen LogP contribution in [0.2, 0.25) is 0 Å². The monoisotopic (exact) mass is 262 g/mol. The van der Waals surface area contributed by atoms with Crippen LogP contribution in [-0.4, -0.2) is 12.0 Å². The molecule has 4 heteroatoms.